The van der Waals surface area contributed by atoms with Crippen molar-refractivity contribution < 1.29 is 4.74 Å². The van der Waals surface area contributed by atoms with E-state index in [1.165, 1.54) is 0 Å². The van der Waals surface area contributed by atoms with E-state index in [9.17, 15) is 0 Å². The SMILES string of the molecule is COC(C)CNc1cccc(Cl)c1C(N)=S. The molecule has 0 spiro atoms. The molecule has 1 atom stereocenters. The molecule has 0 aliphatic carbocycles. The molecule has 0 aromatic heterocycles. The van der Waals surface area contributed by atoms with Crippen LogP contribution in [0.1, 0.15) is 12.5 Å². The molecule has 0 aliphatic heterocycles. The average Bonchev–Trinajstić information content (AvgIpc) is 2.25. The molecule has 1 aromatic rings. The summed E-state index contributed by atoms with van der Waals surface area (Å²) in [6.45, 7) is 2.64. The second kappa shape index (κ2) is 6.03. The van der Waals surface area contributed by atoms with Gasteiger partial charge in [-0.1, -0.05) is 29.9 Å². The molecule has 0 fully saturated rings. The fraction of sp³-hybridized carbons (Fsp3) is 0.364. The molecular weight excluding hydrogens is 244 g/mol. The molecule has 1 unspecified atom stereocenters. The minimum atomic E-state index is 0.109. The number of nitrogens with two attached hydrogens (primary N) is 1. The van der Waals surface area contributed by atoms with Crippen molar-refractivity contribution in [3.8, 4) is 0 Å². The van der Waals surface area contributed by atoms with E-state index in [-0.39, 0.29) is 11.1 Å². The number of methoxy groups -OCH3 is 1. The topological polar surface area (TPSA) is 47.3 Å². The fourth-order valence-corrected chi connectivity index (χ4v) is 1.81. The van der Waals surface area contributed by atoms with Gasteiger partial charge in [0.2, 0.25) is 0 Å². The van der Waals surface area contributed by atoms with Gasteiger partial charge in [0.25, 0.3) is 0 Å². The van der Waals surface area contributed by atoms with Crippen molar-refractivity contribution in [3.63, 3.8) is 0 Å². The van der Waals surface area contributed by atoms with E-state index >= 15 is 0 Å². The molecule has 0 saturated carbocycles. The highest BCUT2D eigenvalue weighted by molar-refractivity contribution is 7.80. The van der Waals surface area contributed by atoms with E-state index in [1.807, 2.05) is 19.1 Å². The Morgan fingerprint density at radius 2 is 2.31 bits per heavy atom. The number of thiocarbonyl (C=S) groups is 1. The summed E-state index contributed by atoms with van der Waals surface area (Å²) < 4.78 is 5.14. The second-order valence-electron chi connectivity index (χ2n) is 3.45. The Hall–Kier alpha value is -0.840. The second-order valence-corrected chi connectivity index (χ2v) is 4.30. The lowest BCUT2D eigenvalue weighted by Gasteiger charge is -2.15. The maximum atomic E-state index is 6.03. The van der Waals surface area contributed by atoms with Gasteiger partial charge in [-0.3, -0.25) is 0 Å². The first kappa shape index (κ1) is 13.2. The molecule has 1 aromatic carbocycles. The van der Waals surface area contributed by atoms with Crippen LogP contribution in [0.2, 0.25) is 5.02 Å². The number of anilines is 1. The lowest BCUT2D eigenvalue weighted by atomic mass is 10.1. The number of ether oxygens (including phenoxy) is 1. The molecule has 3 nitrogen and oxygen atoms in total. The molecule has 3 N–H and O–H groups in total. The van der Waals surface area contributed by atoms with Crippen LogP contribution < -0.4 is 11.1 Å². The first-order chi connectivity index (χ1) is 7.56. The van der Waals surface area contributed by atoms with Gasteiger partial charge in [0.15, 0.2) is 0 Å². The number of benzene rings is 1. The van der Waals surface area contributed by atoms with Gasteiger partial charge in [0.05, 0.1) is 16.7 Å². The molecule has 1 rings (SSSR count). The van der Waals surface area contributed by atoms with E-state index in [0.717, 1.165) is 5.69 Å². The van der Waals surface area contributed by atoms with Gasteiger partial charge in [0, 0.05) is 19.3 Å². The number of halogens is 1. The summed E-state index contributed by atoms with van der Waals surface area (Å²) in [5.41, 5.74) is 7.15. The first-order valence-corrected chi connectivity index (χ1v) is 5.70. The molecule has 0 radical (unpaired) electrons. The highest BCUT2D eigenvalue weighted by Crippen LogP contribution is 2.24. The lowest BCUT2D eigenvalue weighted by molar-refractivity contribution is 0.129. The third-order valence-electron chi connectivity index (χ3n) is 2.24. The number of rotatable bonds is 5. The van der Waals surface area contributed by atoms with Crippen LogP contribution in [0.4, 0.5) is 5.69 Å². The summed E-state index contributed by atoms with van der Waals surface area (Å²) in [4.78, 5) is 0.290. The number of nitrogens with one attached hydrogen (secondary N) is 1. The summed E-state index contributed by atoms with van der Waals surface area (Å²) in [6, 6.07) is 5.51. The van der Waals surface area contributed by atoms with Crippen molar-refractivity contribution in [1.82, 2.24) is 0 Å². The third-order valence-corrected chi connectivity index (χ3v) is 2.76. The Morgan fingerprint density at radius 3 is 2.88 bits per heavy atom. The van der Waals surface area contributed by atoms with Crippen LogP contribution in [-0.2, 0) is 4.74 Å². The Labute approximate surface area is 106 Å². The van der Waals surface area contributed by atoms with Crippen LogP contribution >= 0.6 is 23.8 Å². The Balaban J connectivity index is 2.87. The van der Waals surface area contributed by atoms with Gasteiger partial charge in [-0.05, 0) is 19.1 Å². The van der Waals surface area contributed by atoms with E-state index < -0.39 is 0 Å². The Morgan fingerprint density at radius 1 is 1.62 bits per heavy atom. The van der Waals surface area contributed by atoms with Gasteiger partial charge in [-0.2, -0.15) is 0 Å². The molecule has 0 aliphatic rings. The monoisotopic (exact) mass is 258 g/mol. The zero-order valence-corrected chi connectivity index (χ0v) is 10.9. The van der Waals surface area contributed by atoms with Gasteiger partial charge >= 0.3 is 0 Å². The van der Waals surface area contributed by atoms with Crippen molar-refractivity contribution in [2.45, 2.75) is 13.0 Å². The van der Waals surface area contributed by atoms with Crippen molar-refractivity contribution in [2.75, 3.05) is 19.0 Å². The highest BCUT2D eigenvalue weighted by atomic mass is 35.5. The standard InChI is InChI=1S/C11H15ClN2OS/c1-7(15-2)6-14-9-5-3-4-8(12)10(9)11(13)16/h3-5,7,14H,6H2,1-2H3,(H2,13,16). The predicted octanol–water partition coefficient (Wildman–Crippen LogP) is 2.42. The maximum absolute atomic E-state index is 6.03. The zero-order valence-electron chi connectivity index (χ0n) is 9.29. The quantitative estimate of drug-likeness (QED) is 0.797. The van der Waals surface area contributed by atoms with Crippen LogP contribution in [0, 0.1) is 0 Å². The normalized spacial score (nSPS) is 12.2. The summed E-state index contributed by atoms with van der Waals surface area (Å²) in [7, 11) is 1.67. The summed E-state index contributed by atoms with van der Waals surface area (Å²) >= 11 is 11.0. The minimum Gasteiger partial charge on any atom is -0.389 e. The third kappa shape index (κ3) is 3.33. The van der Waals surface area contributed by atoms with E-state index in [2.05, 4.69) is 5.32 Å². The van der Waals surface area contributed by atoms with Gasteiger partial charge in [-0.15, -0.1) is 0 Å². The summed E-state index contributed by atoms with van der Waals surface area (Å²) in [5.74, 6) is 0. The van der Waals surface area contributed by atoms with Gasteiger partial charge < -0.3 is 15.8 Å². The Kier molecular flexibility index (Phi) is 4.99. The molecule has 0 bridgehead atoms. The van der Waals surface area contributed by atoms with Crippen molar-refractivity contribution >= 4 is 34.5 Å². The Bertz CT molecular complexity index is 384. The van der Waals surface area contributed by atoms with Crippen molar-refractivity contribution in [1.29, 1.82) is 0 Å². The predicted molar refractivity (Wildman–Crippen MR) is 72.3 cm³/mol. The molecule has 16 heavy (non-hydrogen) atoms. The summed E-state index contributed by atoms with van der Waals surface area (Å²) in [6.07, 6.45) is 0.109. The van der Waals surface area contributed by atoms with Crippen LogP contribution in [0.3, 0.4) is 0 Å². The van der Waals surface area contributed by atoms with E-state index in [0.29, 0.717) is 17.1 Å². The molecule has 0 amide bonds. The fourth-order valence-electron chi connectivity index (χ4n) is 1.26. The average molecular weight is 259 g/mol. The minimum absolute atomic E-state index is 0.109. The molecule has 5 heteroatoms. The maximum Gasteiger partial charge on any atom is 0.107 e. The van der Waals surface area contributed by atoms with Gasteiger partial charge in [-0.25, -0.2) is 0 Å². The largest absolute Gasteiger partial charge is 0.389 e. The highest BCUT2D eigenvalue weighted by Gasteiger charge is 2.10. The summed E-state index contributed by atoms with van der Waals surface area (Å²) in [5, 5.41) is 3.77. The number of hydrogen-bond donors (Lipinski definition) is 2. The van der Waals surface area contributed by atoms with Crippen LogP contribution in [-0.4, -0.2) is 24.7 Å². The molecule has 0 saturated heterocycles. The zero-order chi connectivity index (χ0) is 12.1. The van der Waals surface area contributed by atoms with E-state index in [1.54, 1.807) is 13.2 Å². The van der Waals surface area contributed by atoms with Gasteiger partial charge in [0.1, 0.15) is 4.99 Å². The first-order valence-electron chi connectivity index (χ1n) is 4.91. The van der Waals surface area contributed by atoms with Crippen molar-refractivity contribution in [3.05, 3.63) is 28.8 Å². The molecule has 0 heterocycles. The lowest BCUT2D eigenvalue weighted by Crippen LogP contribution is -2.20. The molecular formula is C11H15ClN2OS. The van der Waals surface area contributed by atoms with E-state index in [4.69, 9.17) is 34.3 Å². The van der Waals surface area contributed by atoms with Crippen LogP contribution in [0.15, 0.2) is 18.2 Å². The smallest absolute Gasteiger partial charge is 0.107 e. The molecule has 88 valence electrons. The van der Waals surface area contributed by atoms with Crippen LogP contribution in [0.5, 0.6) is 0 Å². The van der Waals surface area contributed by atoms with Crippen molar-refractivity contribution in [2.24, 2.45) is 5.73 Å². The van der Waals surface area contributed by atoms with Crippen LogP contribution in [0.25, 0.3) is 0 Å². The number of hydrogen-bond acceptors (Lipinski definition) is 3.